The minimum Gasteiger partial charge on any atom is -0.279 e. The maximum atomic E-state index is 4.51. The van der Waals surface area contributed by atoms with Crippen molar-refractivity contribution in [3.05, 3.63) is 95.9 Å². The average Bonchev–Trinajstić information content (AvgIpc) is 3.24. The lowest BCUT2D eigenvalue weighted by Gasteiger charge is -2.00. The fraction of sp³-hybridized carbons (Fsp3) is 0. The summed E-state index contributed by atoms with van der Waals surface area (Å²) in [5.74, 6) is 0. The molecule has 1 heterocycles. The highest BCUT2D eigenvalue weighted by Gasteiger charge is 2.03. The lowest BCUT2D eigenvalue weighted by atomic mass is 10.2. The van der Waals surface area contributed by atoms with Gasteiger partial charge < -0.3 is 0 Å². The predicted molar refractivity (Wildman–Crippen MR) is 116 cm³/mol. The molecule has 136 valence electrons. The Hall–Kier alpha value is -3.64. The third kappa shape index (κ3) is 4.75. The van der Waals surface area contributed by atoms with Gasteiger partial charge in [0.05, 0.1) is 23.3 Å². The van der Waals surface area contributed by atoms with E-state index in [1.165, 1.54) is 11.3 Å². The number of rotatable bonds is 6. The molecule has 0 atom stereocenters. The Labute approximate surface area is 167 Å². The summed E-state index contributed by atoms with van der Waals surface area (Å²) < 4.78 is 0. The minimum atomic E-state index is 0.633. The fourth-order valence-corrected chi connectivity index (χ4v) is 3.12. The van der Waals surface area contributed by atoms with Gasteiger partial charge in [-0.1, -0.05) is 60.7 Å². The van der Waals surface area contributed by atoms with Crippen molar-refractivity contribution >= 4 is 34.1 Å². The first-order valence-electron chi connectivity index (χ1n) is 8.74. The van der Waals surface area contributed by atoms with Crippen molar-refractivity contribution in [3.8, 4) is 11.3 Å². The van der Waals surface area contributed by atoms with Crippen molar-refractivity contribution in [3.63, 3.8) is 0 Å². The summed E-state index contributed by atoms with van der Waals surface area (Å²) in [7, 11) is 0. The van der Waals surface area contributed by atoms with Crippen LogP contribution in [0.15, 0.2) is 106 Å². The smallest absolute Gasteiger partial charge is 0.230 e. The van der Waals surface area contributed by atoms with E-state index in [4.69, 9.17) is 0 Å². The van der Waals surface area contributed by atoms with Gasteiger partial charge in [-0.15, -0.1) is 21.6 Å². The molecule has 0 saturated carbocycles. The van der Waals surface area contributed by atoms with Gasteiger partial charge in [0.1, 0.15) is 0 Å². The standard InChI is InChI=1S/C22H17N5S/c1-3-7-17(8-4-1)15-23-25-19-11-13-20(14-12-19)26-27-22-24-21(16-28-22)18-9-5-2-6-10-18/h1-16,25H. The fourth-order valence-electron chi connectivity index (χ4n) is 2.48. The summed E-state index contributed by atoms with van der Waals surface area (Å²) in [5, 5.41) is 15.3. The Morgan fingerprint density at radius 3 is 2.25 bits per heavy atom. The summed E-state index contributed by atoms with van der Waals surface area (Å²) in [6.45, 7) is 0. The Kier molecular flexibility index (Phi) is 5.60. The van der Waals surface area contributed by atoms with Crippen LogP contribution < -0.4 is 5.43 Å². The topological polar surface area (TPSA) is 62.0 Å². The molecule has 4 rings (SSSR count). The van der Waals surface area contributed by atoms with E-state index in [0.717, 1.165) is 28.2 Å². The number of aromatic nitrogens is 1. The second kappa shape index (κ2) is 8.83. The molecule has 5 nitrogen and oxygen atoms in total. The van der Waals surface area contributed by atoms with Crippen LogP contribution in [-0.4, -0.2) is 11.2 Å². The molecule has 1 aromatic heterocycles. The van der Waals surface area contributed by atoms with Crippen LogP contribution in [-0.2, 0) is 0 Å². The highest BCUT2D eigenvalue weighted by molar-refractivity contribution is 7.13. The van der Waals surface area contributed by atoms with Gasteiger partial charge in [0, 0.05) is 10.9 Å². The molecular weight excluding hydrogens is 366 g/mol. The summed E-state index contributed by atoms with van der Waals surface area (Å²) in [5.41, 5.74) is 7.67. The van der Waals surface area contributed by atoms with Crippen LogP contribution in [0.4, 0.5) is 16.5 Å². The van der Waals surface area contributed by atoms with Crippen LogP contribution in [0.2, 0.25) is 0 Å². The largest absolute Gasteiger partial charge is 0.279 e. The lowest BCUT2D eigenvalue weighted by molar-refractivity contribution is 1.20. The van der Waals surface area contributed by atoms with E-state index >= 15 is 0 Å². The zero-order chi connectivity index (χ0) is 19.0. The van der Waals surface area contributed by atoms with Gasteiger partial charge in [0.15, 0.2) is 0 Å². The zero-order valence-corrected chi connectivity index (χ0v) is 15.8. The SMILES string of the molecule is C(=NNc1ccc(N=Nc2nc(-c3ccccc3)cs2)cc1)c1ccccc1. The second-order valence-electron chi connectivity index (χ2n) is 5.91. The third-order valence-corrected chi connectivity index (χ3v) is 4.61. The lowest BCUT2D eigenvalue weighted by Crippen LogP contribution is -1.89. The van der Waals surface area contributed by atoms with E-state index in [1.54, 1.807) is 6.21 Å². The van der Waals surface area contributed by atoms with Crippen molar-refractivity contribution in [2.24, 2.45) is 15.3 Å². The highest BCUT2D eigenvalue weighted by Crippen LogP contribution is 2.28. The molecule has 0 bridgehead atoms. The molecule has 0 fully saturated rings. The molecule has 0 saturated heterocycles. The molecule has 0 amide bonds. The van der Waals surface area contributed by atoms with E-state index in [0.29, 0.717) is 5.13 Å². The zero-order valence-electron chi connectivity index (χ0n) is 14.9. The van der Waals surface area contributed by atoms with Crippen LogP contribution in [0, 0.1) is 0 Å². The first-order chi connectivity index (χ1) is 13.9. The molecule has 6 heteroatoms. The normalized spacial score (nSPS) is 11.3. The number of hydrogen-bond acceptors (Lipinski definition) is 6. The van der Waals surface area contributed by atoms with Gasteiger partial charge in [-0.25, -0.2) is 4.98 Å². The van der Waals surface area contributed by atoms with E-state index in [1.807, 2.05) is 90.3 Å². The summed E-state index contributed by atoms with van der Waals surface area (Å²) in [4.78, 5) is 4.51. The van der Waals surface area contributed by atoms with Gasteiger partial charge in [-0.2, -0.15) is 5.10 Å². The first-order valence-corrected chi connectivity index (χ1v) is 9.62. The van der Waals surface area contributed by atoms with E-state index in [2.05, 4.69) is 25.7 Å². The predicted octanol–water partition coefficient (Wildman–Crippen LogP) is 6.67. The van der Waals surface area contributed by atoms with Gasteiger partial charge in [-0.3, -0.25) is 5.43 Å². The van der Waals surface area contributed by atoms with E-state index in [9.17, 15) is 0 Å². The third-order valence-electron chi connectivity index (χ3n) is 3.89. The molecule has 4 aromatic rings. The van der Waals surface area contributed by atoms with Gasteiger partial charge >= 0.3 is 0 Å². The number of benzene rings is 3. The van der Waals surface area contributed by atoms with Gasteiger partial charge in [0.25, 0.3) is 0 Å². The monoisotopic (exact) mass is 383 g/mol. The molecule has 3 aromatic carbocycles. The number of nitrogens with one attached hydrogen (secondary N) is 1. The van der Waals surface area contributed by atoms with Crippen LogP contribution in [0.5, 0.6) is 0 Å². The minimum absolute atomic E-state index is 0.633. The van der Waals surface area contributed by atoms with Crippen LogP contribution in [0.3, 0.4) is 0 Å². The van der Waals surface area contributed by atoms with E-state index < -0.39 is 0 Å². The average molecular weight is 383 g/mol. The van der Waals surface area contributed by atoms with Crippen LogP contribution in [0.25, 0.3) is 11.3 Å². The molecule has 0 spiro atoms. The Morgan fingerprint density at radius 2 is 1.50 bits per heavy atom. The quantitative estimate of drug-likeness (QED) is 0.229. The summed E-state index contributed by atoms with van der Waals surface area (Å²) in [6, 6.07) is 27.6. The Balaban J connectivity index is 1.37. The number of hydrazone groups is 1. The summed E-state index contributed by atoms with van der Waals surface area (Å²) >= 11 is 1.47. The number of nitrogens with zero attached hydrogens (tertiary/aromatic N) is 4. The van der Waals surface area contributed by atoms with Crippen molar-refractivity contribution in [1.82, 2.24) is 4.98 Å². The molecule has 0 aliphatic carbocycles. The molecular formula is C22H17N5S. The van der Waals surface area contributed by atoms with Crippen molar-refractivity contribution in [2.75, 3.05) is 5.43 Å². The first kappa shape index (κ1) is 17.8. The summed E-state index contributed by atoms with van der Waals surface area (Å²) in [6.07, 6.45) is 1.78. The molecule has 0 aliphatic rings. The van der Waals surface area contributed by atoms with Gasteiger partial charge in [0.2, 0.25) is 5.13 Å². The van der Waals surface area contributed by atoms with Crippen molar-refractivity contribution in [2.45, 2.75) is 0 Å². The molecule has 1 N–H and O–H groups in total. The van der Waals surface area contributed by atoms with E-state index in [-0.39, 0.29) is 0 Å². The van der Waals surface area contributed by atoms with Crippen LogP contribution in [0.1, 0.15) is 5.56 Å². The Morgan fingerprint density at radius 1 is 0.786 bits per heavy atom. The molecule has 0 unspecified atom stereocenters. The van der Waals surface area contributed by atoms with Gasteiger partial charge in [-0.05, 0) is 29.8 Å². The molecule has 28 heavy (non-hydrogen) atoms. The van der Waals surface area contributed by atoms with Crippen molar-refractivity contribution < 1.29 is 0 Å². The highest BCUT2D eigenvalue weighted by atomic mass is 32.1. The number of anilines is 1. The maximum Gasteiger partial charge on any atom is 0.230 e. The Bertz CT molecular complexity index is 1070. The second-order valence-corrected chi connectivity index (χ2v) is 6.75. The molecule has 0 radical (unpaired) electrons. The maximum absolute atomic E-state index is 4.51. The number of hydrogen-bond donors (Lipinski definition) is 1. The van der Waals surface area contributed by atoms with Crippen LogP contribution >= 0.6 is 11.3 Å². The molecule has 0 aliphatic heterocycles. The number of azo groups is 1. The number of thiazole rings is 1. The van der Waals surface area contributed by atoms with Crippen molar-refractivity contribution in [1.29, 1.82) is 0 Å².